The SMILES string of the molecule is Cc1ccc(C(F)(F)F)cc1CN1C(=O)OC(c2cc(C(F)(F)F)cc(C(F)(F)F)c2)CC1C. The Hall–Kier alpha value is -2.92. The van der Waals surface area contributed by atoms with Gasteiger partial charge in [0.25, 0.3) is 0 Å². The molecule has 3 nitrogen and oxygen atoms in total. The summed E-state index contributed by atoms with van der Waals surface area (Å²) in [5, 5.41) is 0. The van der Waals surface area contributed by atoms with Crippen LogP contribution in [-0.2, 0) is 29.8 Å². The lowest BCUT2D eigenvalue weighted by atomic mass is 9.95. The van der Waals surface area contributed by atoms with Crippen LogP contribution in [-0.4, -0.2) is 17.0 Å². The molecule has 0 saturated carbocycles. The van der Waals surface area contributed by atoms with Gasteiger partial charge in [0, 0.05) is 19.0 Å². The number of carbonyl (C=O) groups excluding carboxylic acids is 1. The summed E-state index contributed by atoms with van der Waals surface area (Å²) >= 11 is 0. The van der Waals surface area contributed by atoms with Crippen molar-refractivity contribution in [2.24, 2.45) is 0 Å². The number of cyclic esters (lactones) is 1. The normalized spacial score (nSPS) is 19.9. The van der Waals surface area contributed by atoms with Crippen molar-refractivity contribution in [2.75, 3.05) is 0 Å². The summed E-state index contributed by atoms with van der Waals surface area (Å²) < 4.78 is 123. The third-order valence-corrected chi connectivity index (χ3v) is 5.56. The largest absolute Gasteiger partial charge is 0.441 e. The number of hydrogen-bond acceptors (Lipinski definition) is 2. The van der Waals surface area contributed by atoms with Crippen molar-refractivity contribution in [3.8, 4) is 0 Å². The fourth-order valence-corrected chi connectivity index (χ4v) is 3.65. The maximum atomic E-state index is 13.2. The number of benzene rings is 2. The molecule has 186 valence electrons. The summed E-state index contributed by atoms with van der Waals surface area (Å²) in [6.07, 6.45) is -17.4. The second-order valence-electron chi connectivity index (χ2n) is 8.06. The van der Waals surface area contributed by atoms with Crippen LogP contribution in [0.25, 0.3) is 0 Å². The van der Waals surface area contributed by atoms with Crippen LogP contribution in [0.1, 0.15) is 52.8 Å². The van der Waals surface area contributed by atoms with E-state index in [2.05, 4.69) is 0 Å². The molecule has 1 saturated heterocycles. The molecule has 0 aromatic heterocycles. The van der Waals surface area contributed by atoms with E-state index in [1.165, 1.54) is 13.0 Å². The minimum absolute atomic E-state index is 0.0275. The zero-order chi connectivity index (χ0) is 25.6. The first kappa shape index (κ1) is 25.7. The number of amides is 1. The Morgan fingerprint density at radius 1 is 0.853 bits per heavy atom. The molecule has 1 aliphatic heterocycles. The van der Waals surface area contributed by atoms with E-state index in [9.17, 15) is 44.3 Å². The van der Waals surface area contributed by atoms with Crippen LogP contribution in [0.5, 0.6) is 0 Å². The molecule has 3 rings (SSSR count). The molecule has 2 aromatic rings. The van der Waals surface area contributed by atoms with Crippen LogP contribution in [0.15, 0.2) is 36.4 Å². The highest BCUT2D eigenvalue weighted by atomic mass is 19.4. The topological polar surface area (TPSA) is 29.5 Å². The standard InChI is InChI=1S/C22H18F9NO2/c1-11-3-4-15(20(23,24)25)8-14(11)10-32-12(2)5-18(34-19(32)33)13-6-16(21(26,27)28)9-17(7-13)22(29,30)31/h3-4,6-9,12,18H,5,10H2,1-2H3. The Labute approximate surface area is 188 Å². The average Bonchev–Trinajstić information content (AvgIpc) is 2.69. The van der Waals surface area contributed by atoms with E-state index in [-0.39, 0.29) is 24.6 Å². The zero-order valence-corrected chi connectivity index (χ0v) is 17.7. The second kappa shape index (κ2) is 8.70. The number of aryl methyl sites for hydroxylation is 1. The van der Waals surface area contributed by atoms with Crippen LogP contribution >= 0.6 is 0 Å². The Morgan fingerprint density at radius 2 is 1.38 bits per heavy atom. The second-order valence-corrected chi connectivity index (χ2v) is 8.06. The minimum Gasteiger partial charge on any atom is -0.441 e. The number of carbonyl (C=O) groups is 1. The zero-order valence-electron chi connectivity index (χ0n) is 17.7. The van der Waals surface area contributed by atoms with Gasteiger partial charge in [0.15, 0.2) is 0 Å². The summed E-state index contributed by atoms with van der Waals surface area (Å²) in [4.78, 5) is 13.7. The monoisotopic (exact) mass is 499 g/mol. The van der Waals surface area contributed by atoms with E-state index in [4.69, 9.17) is 4.74 Å². The van der Waals surface area contributed by atoms with Crippen molar-refractivity contribution in [3.05, 3.63) is 69.8 Å². The highest BCUT2D eigenvalue weighted by Crippen LogP contribution is 2.40. The van der Waals surface area contributed by atoms with Gasteiger partial charge in [-0.3, -0.25) is 0 Å². The summed E-state index contributed by atoms with van der Waals surface area (Å²) in [6.45, 7) is 2.74. The molecule has 0 radical (unpaired) electrons. The van der Waals surface area contributed by atoms with Gasteiger partial charge >= 0.3 is 24.6 Å². The Kier molecular flexibility index (Phi) is 6.57. The Morgan fingerprint density at radius 3 is 1.85 bits per heavy atom. The number of hydrogen-bond donors (Lipinski definition) is 0. The number of alkyl halides is 9. The fourth-order valence-electron chi connectivity index (χ4n) is 3.65. The predicted molar refractivity (Wildman–Crippen MR) is 101 cm³/mol. The molecule has 1 fully saturated rings. The van der Waals surface area contributed by atoms with E-state index >= 15 is 0 Å². The summed E-state index contributed by atoms with van der Waals surface area (Å²) in [5.74, 6) is 0. The van der Waals surface area contributed by atoms with Crippen molar-refractivity contribution >= 4 is 6.09 Å². The molecule has 0 N–H and O–H groups in total. The maximum absolute atomic E-state index is 13.2. The van der Waals surface area contributed by atoms with Crippen LogP contribution in [0, 0.1) is 6.92 Å². The highest BCUT2D eigenvalue weighted by Gasteiger charge is 2.40. The number of halogens is 9. The van der Waals surface area contributed by atoms with E-state index in [1.807, 2.05) is 0 Å². The van der Waals surface area contributed by atoms with E-state index < -0.39 is 59.0 Å². The first-order valence-corrected chi connectivity index (χ1v) is 9.90. The van der Waals surface area contributed by atoms with Gasteiger partial charge in [0.2, 0.25) is 0 Å². The highest BCUT2D eigenvalue weighted by molar-refractivity contribution is 5.69. The van der Waals surface area contributed by atoms with Gasteiger partial charge < -0.3 is 9.64 Å². The van der Waals surface area contributed by atoms with Crippen LogP contribution in [0.2, 0.25) is 0 Å². The van der Waals surface area contributed by atoms with Crippen molar-refractivity contribution in [3.63, 3.8) is 0 Å². The molecule has 0 aliphatic carbocycles. The summed E-state index contributed by atoms with van der Waals surface area (Å²) in [7, 11) is 0. The predicted octanol–water partition coefficient (Wildman–Crippen LogP) is 7.52. The minimum atomic E-state index is -5.06. The van der Waals surface area contributed by atoms with Gasteiger partial charge in [-0.2, -0.15) is 39.5 Å². The lowest BCUT2D eigenvalue weighted by molar-refractivity contribution is -0.143. The summed E-state index contributed by atoms with van der Waals surface area (Å²) in [6, 6.07) is 3.22. The van der Waals surface area contributed by atoms with Crippen molar-refractivity contribution < 1.29 is 49.0 Å². The molecular weight excluding hydrogens is 481 g/mol. The van der Waals surface area contributed by atoms with Gasteiger partial charge in [0.1, 0.15) is 6.10 Å². The summed E-state index contributed by atoms with van der Waals surface area (Å²) in [5.41, 5.74) is -3.84. The van der Waals surface area contributed by atoms with Gasteiger partial charge in [-0.1, -0.05) is 6.07 Å². The van der Waals surface area contributed by atoms with E-state index in [0.717, 1.165) is 17.0 Å². The molecule has 0 bridgehead atoms. The lowest BCUT2D eigenvalue weighted by Crippen LogP contribution is -2.44. The fraction of sp³-hybridized carbons (Fsp3) is 0.409. The molecule has 34 heavy (non-hydrogen) atoms. The Bertz CT molecular complexity index is 1040. The molecule has 12 heteroatoms. The number of nitrogens with zero attached hydrogens (tertiary/aromatic N) is 1. The third-order valence-electron chi connectivity index (χ3n) is 5.56. The maximum Gasteiger partial charge on any atom is 0.416 e. The molecule has 0 spiro atoms. The van der Waals surface area contributed by atoms with Crippen molar-refractivity contribution in [1.82, 2.24) is 4.90 Å². The first-order chi connectivity index (χ1) is 15.5. The lowest BCUT2D eigenvalue weighted by Gasteiger charge is -2.38. The van der Waals surface area contributed by atoms with Crippen LogP contribution in [0.3, 0.4) is 0 Å². The van der Waals surface area contributed by atoms with Gasteiger partial charge in [0.05, 0.1) is 16.7 Å². The molecule has 2 aromatic carbocycles. The van der Waals surface area contributed by atoms with Gasteiger partial charge in [-0.25, -0.2) is 4.79 Å². The molecule has 2 atom stereocenters. The molecule has 2 unspecified atom stereocenters. The van der Waals surface area contributed by atoms with Crippen molar-refractivity contribution in [2.45, 2.75) is 57.5 Å². The van der Waals surface area contributed by atoms with Crippen LogP contribution in [0.4, 0.5) is 44.3 Å². The molecule has 1 amide bonds. The smallest absolute Gasteiger partial charge is 0.416 e. The number of rotatable bonds is 3. The van der Waals surface area contributed by atoms with Gasteiger partial charge in [-0.05, 0) is 60.9 Å². The Balaban J connectivity index is 1.88. The van der Waals surface area contributed by atoms with E-state index in [0.29, 0.717) is 17.7 Å². The molecule has 1 aliphatic rings. The quantitative estimate of drug-likeness (QED) is 0.409. The first-order valence-electron chi connectivity index (χ1n) is 9.90. The average molecular weight is 499 g/mol. The van der Waals surface area contributed by atoms with Crippen molar-refractivity contribution in [1.29, 1.82) is 0 Å². The molecule has 1 heterocycles. The number of ether oxygens (including phenoxy) is 1. The van der Waals surface area contributed by atoms with Crippen LogP contribution < -0.4 is 0 Å². The molecular formula is C22H18F9NO2. The van der Waals surface area contributed by atoms with E-state index in [1.54, 1.807) is 6.92 Å². The third kappa shape index (κ3) is 5.58. The van der Waals surface area contributed by atoms with Gasteiger partial charge in [-0.15, -0.1) is 0 Å².